The van der Waals surface area contributed by atoms with Crippen molar-refractivity contribution in [2.45, 2.75) is 4.90 Å². The highest BCUT2D eigenvalue weighted by Crippen LogP contribution is 2.21. The van der Waals surface area contributed by atoms with E-state index in [2.05, 4.69) is 4.72 Å². The van der Waals surface area contributed by atoms with Gasteiger partial charge in [-0.05, 0) is 30.3 Å². The molecule has 0 aliphatic rings. The summed E-state index contributed by atoms with van der Waals surface area (Å²) < 4.78 is 26.7. The maximum absolute atomic E-state index is 12.2. The monoisotopic (exact) mass is 291 g/mol. The summed E-state index contributed by atoms with van der Waals surface area (Å²) >= 11 is 0. The molecule has 6 nitrogen and oxygen atoms in total. The molecule has 7 heteroatoms. The summed E-state index contributed by atoms with van der Waals surface area (Å²) in [5, 5.41) is 0. The van der Waals surface area contributed by atoms with E-state index in [9.17, 15) is 13.2 Å². The van der Waals surface area contributed by atoms with Crippen LogP contribution in [0, 0.1) is 0 Å². The predicted molar refractivity (Wildman–Crippen MR) is 76.6 cm³/mol. The fourth-order valence-corrected chi connectivity index (χ4v) is 2.85. The van der Waals surface area contributed by atoms with Crippen molar-refractivity contribution in [1.29, 1.82) is 0 Å². The molecule has 2 aromatic carbocycles. The normalized spacial score (nSPS) is 11.0. The minimum absolute atomic E-state index is 0.0236. The van der Waals surface area contributed by atoms with E-state index in [-0.39, 0.29) is 21.8 Å². The summed E-state index contributed by atoms with van der Waals surface area (Å²) in [7, 11) is -3.81. The number of carbonyl (C=O) groups excluding carboxylic acids is 1. The third kappa shape index (κ3) is 2.89. The van der Waals surface area contributed by atoms with E-state index in [0.717, 1.165) is 0 Å². The van der Waals surface area contributed by atoms with Crippen molar-refractivity contribution in [3.05, 3.63) is 54.1 Å². The van der Waals surface area contributed by atoms with Gasteiger partial charge in [-0.2, -0.15) is 0 Å². The van der Waals surface area contributed by atoms with Gasteiger partial charge in [-0.3, -0.25) is 9.52 Å². The number of hydrogen-bond donors (Lipinski definition) is 3. The zero-order valence-corrected chi connectivity index (χ0v) is 11.2. The molecule has 0 saturated carbocycles. The summed E-state index contributed by atoms with van der Waals surface area (Å²) in [6.45, 7) is 0. The van der Waals surface area contributed by atoms with Crippen LogP contribution in [0.1, 0.15) is 10.4 Å². The number of benzene rings is 2. The smallest absolute Gasteiger partial charge is 0.263 e. The largest absolute Gasteiger partial charge is 0.398 e. The maximum Gasteiger partial charge on any atom is 0.263 e. The number of hydrogen-bond acceptors (Lipinski definition) is 4. The Morgan fingerprint density at radius 3 is 2.40 bits per heavy atom. The zero-order chi connectivity index (χ0) is 14.8. The maximum atomic E-state index is 12.2. The van der Waals surface area contributed by atoms with E-state index in [4.69, 9.17) is 11.5 Å². The molecule has 0 saturated heterocycles. The second kappa shape index (κ2) is 5.22. The molecule has 0 radical (unpaired) electrons. The molecule has 0 atom stereocenters. The summed E-state index contributed by atoms with van der Waals surface area (Å²) in [4.78, 5) is 11.0. The average Bonchev–Trinajstić information content (AvgIpc) is 2.38. The van der Waals surface area contributed by atoms with Crippen molar-refractivity contribution in [3.8, 4) is 0 Å². The number of rotatable bonds is 4. The van der Waals surface area contributed by atoms with E-state index in [1.807, 2.05) is 0 Å². The Bertz CT molecular complexity index is 757. The summed E-state index contributed by atoms with van der Waals surface area (Å²) in [6.07, 6.45) is 0. The quantitative estimate of drug-likeness (QED) is 0.733. The molecule has 0 spiro atoms. The van der Waals surface area contributed by atoms with Crippen LogP contribution in [0.25, 0.3) is 0 Å². The Labute approximate surface area is 116 Å². The van der Waals surface area contributed by atoms with Crippen molar-refractivity contribution in [2.24, 2.45) is 5.73 Å². The van der Waals surface area contributed by atoms with Crippen LogP contribution in [0.5, 0.6) is 0 Å². The van der Waals surface area contributed by atoms with Gasteiger partial charge in [-0.25, -0.2) is 8.42 Å². The molecule has 104 valence electrons. The van der Waals surface area contributed by atoms with E-state index >= 15 is 0 Å². The third-order valence-corrected chi connectivity index (χ3v) is 4.06. The van der Waals surface area contributed by atoms with E-state index in [1.54, 1.807) is 12.1 Å². The average molecular weight is 291 g/mol. The highest BCUT2D eigenvalue weighted by atomic mass is 32.2. The lowest BCUT2D eigenvalue weighted by molar-refractivity contribution is 0.100. The standard InChI is InChI=1S/C13H13N3O3S/c14-11-6-1-2-7-12(11)20(18,19)16-10-5-3-4-9(8-10)13(15)17/h1-8,16H,14H2,(H2,15,17). The minimum Gasteiger partial charge on any atom is -0.398 e. The summed E-state index contributed by atoms with van der Waals surface area (Å²) in [5.41, 5.74) is 11.4. The molecule has 5 N–H and O–H groups in total. The van der Waals surface area contributed by atoms with Crippen LogP contribution in [0.2, 0.25) is 0 Å². The summed E-state index contributed by atoms with van der Waals surface area (Å²) in [6, 6.07) is 12.0. The van der Waals surface area contributed by atoms with Crippen LogP contribution in [0.15, 0.2) is 53.4 Å². The molecular weight excluding hydrogens is 278 g/mol. The van der Waals surface area contributed by atoms with Crippen molar-refractivity contribution in [2.75, 3.05) is 10.5 Å². The zero-order valence-electron chi connectivity index (χ0n) is 10.4. The van der Waals surface area contributed by atoms with Crippen molar-refractivity contribution >= 4 is 27.3 Å². The van der Waals surface area contributed by atoms with E-state index < -0.39 is 15.9 Å². The molecule has 0 bridgehead atoms. The fraction of sp³-hybridized carbons (Fsp3) is 0. The lowest BCUT2D eigenvalue weighted by Crippen LogP contribution is -2.16. The number of carbonyl (C=O) groups is 1. The SMILES string of the molecule is NC(=O)c1cccc(NS(=O)(=O)c2ccccc2N)c1. The first-order chi connectivity index (χ1) is 9.40. The second-order valence-corrected chi connectivity index (χ2v) is 5.74. The molecule has 0 heterocycles. The van der Waals surface area contributed by atoms with Gasteiger partial charge < -0.3 is 11.5 Å². The van der Waals surface area contributed by atoms with Crippen molar-refractivity contribution < 1.29 is 13.2 Å². The van der Waals surface area contributed by atoms with Gasteiger partial charge in [0.2, 0.25) is 5.91 Å². The van der Waals surface area contributed by atoms with Crippen LogP contribution in [-0.2, 0) is 10.0 Å². The van der Waals surface area contributed by atoms with Gasteiger partial charge >= 0.3 is 0 Å². The lowest BCUT2D eigenvalue weighted by atomic mass is 10.2. The lowest BCUT2D eigenvalue weighted by Gasteiger charge is -2.10. The summed E-state index contributed by atoms with van der Waals surface area (Å²) in [5.74, 6) is -0.634. The van der Waals surface area contributed by atoms with Crippen LogP contribution in [-0.4, -0.2) is 14.3 Å². The Balaban J connectivity index is 2.36. The Kier molecular flexibility index (Phi) is 3.62. The number of nitrogens with two attached hydrogens (primary N) is 2. The first-order valence-electron chi connectivity index (χ1n) is 5.67. The van der Waals surface area contributed by atoms with Gasteiger partial charge in [0.1, 0.15) is 4.90 Å². The number of nitrogens with one attached hydrogen (secondary N) is 1. The molecule has 0 unspecified atom stereocenters. The Morgan fingerprint density at radius 1 is 1.05 bits per heavy atom. The predicted octanol–water partition coefficient (Wildman–Crippen LogP) is 1.17. The number of nitrogen functional groups attached to an aromatic ring is 1. The van der Waals surface area contributed by atoms with E-state index in [0.29, 0.717) is 0 Å². The first-order valence-corrected chi connectivity index (χ1v) is 7.15. The topological polar surface area (TPSA) is 115 Å². The third-order valence-electron chi connectivity index (χ3n) is 2.61. The number of sulfonamides is 1. The molecule has 20 heavy (non-hydrogen) atoms. The molecule has 0 fully saturated rings. The van der Waals surface area contributed by atoms with Crippen LogP contribution >= 0.6 is 0 Å². The van der Waals surface area contributed by atoms with Crippen LogP contribution in [0.4, 0.5) is 11.4 Å². The second-order valence-electron chi connectivity index (χ2n) is 4.09. The van der Waals surface area contributed by atoms with E-state index in [1.165, 1.54) is 36.4 Å². The molecule has 2 rings (SSSR count). The Morgan fingerprint density at radius 2 is 1.75 bits per heavy atom. The minimum atomic E-state index is -3.81. The van der Waals surface area contributed by atoms with Crippen LogP contribution in [0.3, 0.4) is 0 Å². The van der Waals surface area contributed by atoms with Gasteiger partial charge in [0.15, 0.2) is 0 Å². The highest BCUT2D eigenvalue weighted by molar-refractivity contribution is 7.92. The molecule has 0 aromatic heterocycles. The molecule has 0 aliphatic heterocycles. The van der Waals surface area contributed by atoms with Crippen molar-refractivity contribution in [1.82, 2.24) is 0 Å². The fourth-order valence-electron chi connectivity index (χ4n) is 1.67. The molecule has 1 amide bonds. The number of anilines is 2. The first kappa shape index (κ1) is 13.9. The number of amides is 1. The van der Waals surface area contributed by atoms with Gasteiger partial charge in [-0.15, -0.1) is 0 Å². The molecular formula is C13H13N3O3S. The highest BCUT2D eigenvalue weighted by Gasteiger charge is 2.17. The molecule has 0 aliphatic carbocycles. The van der Waals surface area contributed by atoms with Gasteiger partial charge in [0.05, 0.1) is 5.69 Å². The Hall–Kier alpha value is -2.54. The van der Waals surface area contributed by atoms with Gasteiger partial charge in [0, 0.05) is 11.3 Å². The number of para-hydroxylation sites is 1. The molecule has 2 aromatic rings. The van der Waals surface area contributed by atoms with Gasteiger partial charge in [-0.1, -0.05) is 18.2 Å². The van der Waals surface area contributed by atoms with Gasteiger partial charge in [0.25, 0.3) is 10.0 Å². The van der Waals surface area contributed by atoms with Crippen molar-refractivity contribution in [3.63, 3.8) is 0 Å². The number of primary amides is 1. The van der Waals surface area contributed by atoms with Crippen LogP contribution < -0.4 is 16.2 Å².